The summed E-state index contributed by atoms with van der Waals surface area (Å²) in [6.07, 6.45) is 1.05. The summed E-state index contributed by atoms with van der Waals surface area (Å²) in [4.78, 5) is 12.3. The molecule has 2 aromatic carbocycles. The lowest BCUT2D eigenvalue weighted by atomic mass is 10.2. The lowest BCUT2D eigenvalue weighted by molar-refractivity contribution is -0.119. The molecule has 0 aliphatic carbocycles. The third-order valence-corrected chi connectivity index (χ3v) is 5.35. The highest BCUT2D eigenvalue weighted by molar-refractivity contribution is 7.92. The first-order valence-electron chi connectivity index (χ1n) is 7.85. The first-order valence-corrected chi connectivity index (χ1v) is 10.1. The van der Waals surface area contributed by atoms with E-state index in [2.05, 4.69) is 5.32 Å². The van der Waals surface area contributed by atoms with Crippen LogP contribution in [0.4, 0.5) is 5.69 Å². The molecular weight excluding hydrogens is 376 g/mol. The predicted octanol–water partition coefficient (Wildman–Crippen LogP) is 2.74. The molecule has 6 nitrogen and oxygen atoms in total. The third-order valence-electron chi connectivity index (χ3n) is 3.80. The zero-order valence-electron chi connectivity index (χ0n) is 14.8. The van der Waals surface area contributed by atoms with Gasteiger partial charge in [0.1, 0.15) is 12.3 Å². The predicted molar refractivity (Wildman–Crippen MR) is 103 cm³/mol. The van der Waals surface area contributed by atoms with Crippen LogP contribution >= 0.6 is 11.6 Å². The second kappa shape index (κ2) is 8.42. The van der Waals surface area contributed by atoms with Crippen LogP contribution in [0.1, 0.15) is 11.1 Å². The van der Waals surface area contributed by atoms with Gasteiger partial charge < -0.3 is 10.1 Å². The molecule has 2 rings (SSSR count). The molecule has 8 heteroatoms. The van der Waals surface area contributed by atoms with Crippen molar-refractivity contribution in [1.29, 1.82) is 0 Å². The van der Waals surface area contributed by atoms with Gasteiger partial charge in [0.05, 0.1) is 19.1 Å². The summed E-state index contributed by atoms with van der Waals surface area (Å²) in [5.74, 6) is 0.219. The van der Waals surface area contributed by atoms with Crippen molar-refractivity contribution in [3.05, 3.63) is 58.6 Å². The van der Waals surface area contributed by atoms with Gasteiger partial charge in [-0.05, 0) is 30.7 Å². The number of halogens is 1. The van der Waals surface area contributed by atoms with Gasteiger partial charge in [-0.25, -0.2) is 8.42 Å². The Morgan fingerprint density at radius 3 is 2.54 bits per heavy atom. The Morgan fingerprint density at radius 2 is 1.92 bits per heavy atom. The van der Waals surface area contributed by atoms with Crippen LogP contribution in [0.3, 0.4) is 0 Å². The standard InChI is InChI=1S/C18H21ClN2O4S/c1-13-8-9-15(10-16(13)19)21(26(3,23)24)12-18(22)20-11-14-6-4-5-7-17(14)25-2/h4-10H,11-12H2,1-3H3,(H,20,22). The normalized spacial score (nSPS) is 11.1. The van der Waals surface area contributed by atoms with Gasteiger partial charge in [-0.3, -0.25) is 9.10 Å². The SMILES string of the molecule is COc1ccccc1CNC(=O)CN(c1ccc(C)c(Cl)c1)S(C)(=O)=O. The highest BCUT2D eigenvalue weighted by atomic mass is 35.5. The molecule has 1 amide bonds. The fraction of sp³-hybridized carbons (Fsp3) is 0.278. The molecule has 2 aromatic rings. The molecular formula is C18H21ClN2O4S. The summed E-state index contributed by atoms with van der Waals surface area (Å²) in [6, 6.07) is 12.1. The van der Waals surface area contributed by atoms with Crippen LogP contribution in [-0.2, 0) is 21.4 Å². The largest absolute Gasteiger partial charge is 0.496 e. The molecule has 0 aliphatic rings. The van der Waals surface area contributed by atoms with E-state index in [9.17, 15) is 13.2 Å². The Balaban J connectivity index is 2.13. The van der Waals surface area contributed by atoms with Gasteiger partial charge in [0.25, 0.3) is 0 Å². The number of methoxy groups -OCH3 is 1. The molecule has 1 N–H and O–H groups in total. The minimum Gasteiger partial charge on any atom is -0.496 e. The molecule has 0 aliphatic heterocycles. The zero-order valence-corrected chi connectivity index (χ0v) is 16.4. The van der Waals surface area contributed by atoms with Crippen LogP contribution in [0, 0.1) is 6.92 Å². The molecule has 26 heavy (non-hydrogen) atoms. The maximum Gasteiger partial charge on any atom is 0.241 e. The molecule has 0 aromatic heterocycles. The smallest absolute Gasteiger partial charge is 0.241 e. The van der Waals surface area contributed by atoms with Gasteiger partial charge >= 0.3 is 0 Å². The quantitative estimate of drug-likeness (QED) is 0.780. The molecule has 0 unspecified atom stereocenters. The summed E-state index contributed by atoms with van der Waals surface area (Å²) in [5.41, 5.74) is 1.97. The Morgan fingerprint density at radius 1 is 1.23 bits per heavy atom. The number of carbonyl (C=O) groups excluding carboxylic acids is 1. The highest BCUT2D eigenvalue weighted by Crippen LogP contribution is 2.24. The Kier molecular flexibility index (Phi) is 6.50. The topological polar surface area (TPSA) is 75.7 Å². The van der Waals surface area contributed by atoms with Crippen molar-refractivity contribution in [3.8, 4) is 5.75 Å². The second-order valence-electron chi connectivity index (χ2n) is 5.79. The number of ether oxygens (including phenoxy) is 1. The number of amides is 1. The number of hydrogen-bond donors (Lipinski definition) is 1. The van der Waals surface area contributed by atoms with Crippen molar-refractivity contribution in [3.63, 3.8) is 0 Å². The first-order chi connectivity index (χ1) is 12.2. The van der Waals surface area contributed by atoms with Gasteiger partial charge in [-0.1, -0.05) is 35.9 Å². The number of benzene rings is 2. The maximum absolute atomic E-state index is 12.3. The number of aryl methyl sites for hydroxylation is 1. The molecule has 0 bridgehead atoms. The highest BCUT2D eigenvalue weighted by Gasteiger charge is 2.21. The Labute approximate surface area is 158 Å². The van der Waals surface area contributed by atoms with E-state index in [-0.39, 0.29) is 13.1 Å². The lowest BCUT2D eigenvalue weighted by Gasteiger charge is -2.22. The Hall–Kier alpha value is -2.25. The van der Waals surface area contributed by atoms with E-state index in [4.69, 9.17) is 16.3 Å². The van der Waals surface area contributed by atoms with Crippen molar-refractivity contribution in [2.45, 2.75) is 13.5 Å². The molecule has 0 heterocycles. The van der Waals surface area contributed by atoms with Crippen LogP contribution in [0.2, 0.25) is 5.02 Å². The molecule has 0 saturated heterocycles. The number of carbonyl (C=O) groups is 1. The minimum absolute atomic E-state index is 0.231. The van der Waals surface area contributed by atoms with Crippen LogP contribution < -0.4 is 14.4 Å². The Bertz CT molecular complexity index is 900. The number of hydrogen-bond acceptors (Lipinski definition) is 4. The van der Waals surface area contributed by atoms with Gasteiger partial charge in [0.2, 0.25) is 15.9 Å². The number of nitrogens with one attached hydrogen (secondary N) is 1. The summed E-state index contributed by atoms with van der Waals surface area (Å²) < 4.78 is 30.5. The monoisotopic (exact) mass is 396 g/mol. The van der Waals surface area contributed by atoms with Crippen molar-refractivity contribution >= 4 is 33.2 Å². The maximum atomic E-state index is 12.3. The van der Waals surface area contributed by atoms with Crippen molar-refractivity contribution < 1.29 is 17.9 Å². The van der Waals surface area contributed by atoms with Gasteiger partial charge in [0, 0.05) is 17.1 Å². The van der Waals surface area contributed by atoms with Crippen molar-refractivity contribution in [2.75, 3.05) is 24.2 Å². The zero-order chi connectivity index (χ0) is 19.3. The fourth-order valence-electron chi connectivity index (χ4n) is 2.37. The van der Waals surface area contributed by atoms with Crippen LogP contribution in [0.5, 0.6) is 5.75 Å². The summed E-state index contributed by atoms with van der Waals surface area (Å²) in [6.45, 7) is 1.71. The summed E-state index contributed by atoms with van der Waals surface area (Å²) in [7, 11) is -2.10. The van der Waals surface area contributed by atoms with Crippen molar-refractivity contribution in [1.82, 2.24) is 5.32 Å². The number of nitrogens with zero attached hydrogens (tertiary/aromatic N) is 1. The number of anilines is 1. The third kappa shape index (κ3) is 5.12. The van der Waals surface area contributed by atoms with E-state index in [1.807, 2.05) is 25.1 Å². The molecule has 0 radical (unpaired) electrons. The van der Waals surface area contributed by atoms with E-state index in [0.717, 1.165) is 21.7 Å². The average Bonchev–Trinajstić information content (AvgIpc) is 2.59. The molecule has 140 valence electrons. The van der Waals surface area contributed by atoms with E-state index >= 15 is 0 Å². The fourth-order valence-corrected chi connectivity index (χ4v) is 3.39. The minimum atomic E-state index is -3.65. The van der Waals surface area contributed by atoms with Gasteiger partial charge in [-0.2, -0.15) is 0 Å². The molecule has 0 saturated carbocycles. The van der Waals surface area contributed by atoms with Crippen molar-refractivity contribution in [2.24, 2.45) is 0 Å². The summed E-state index contributed by atoms with van der Waals surface area (Å²) >= 11 is 6.08. The molecule has 0 fully saturated rings. The van der Waals surface area contributed by atoms with Gasteiger partial charge in [-0.15, -0.1) is 0 Å². The van der Waals surface area contributed by atoms with Gasteiger partial charge in [0.15, 0.2) is 0 Å². The number of sulfonamides is 1. The number of rotatable bonds is 7. The molecule has 0 spiro atoms. The van der Waals surface area contributed by atoms with E-state index < -0.39 is 15.9 Å². The van der Waals surface area contributed by atoms with Crippen LogP contribution in [0.15, 0.2) is 42.5 Å². The van der Waals surface area contributed by atoms with E-state index in [0.29, 0.717) is 16.5 Å². The van der Waals surface area contributed by atoms with E-state index in [1.54, 1.807) is 25.3 Å². The van der Waals surface area contributed by atoms with Crippen LogP contribution in [0.25, 0.3) is 0 Å². The first kappa shape index (κ1) is 20.1. The van der Waals surface area contributed by atoms with Crippen LogP contribution in [-0.4, -0.2) is 34.2 Å². The number of para-hydroxylation sites is 1. The summed E-state index contributed by atoms with van der Waals surface area (Å²) in [5, 5.41) is 3.15. The second-order valence-corrected chi connectivity index (χ2v) is 8.11. The molecule has 0 atom stereocenters. The van der Waals surface area contributed by atoms with E-state index in [1.165, 1.54) is 6.07 Å². The lowest BCUT2D eigenvalue weighted by Crippen LogP contribution is -2.40. The average molecular weight is 397 g/mol.